The quantitative estimate of drug-likeness (QED) is 0.543. The van der Waals surface area contributed by atoms with E-state index < -0.39 is 0 Å². The summed E-state index contributed by atoms with van der Waals surface area (Å²) >= 11 is 0. The highest BCUT2D eigenvalue weighted by Crippen LogP contribution is 2.24. The molecule has 0 radical (unpaired) electrons. The average molecular weight is 356 g/mol. The minimum absolute atomic E-state index is 0.00251. The maximum atomic E-state index is 12.1. The molecule has 1 rings (SSSR count). The van der Waals surface area contributed by atoms with Crippen molar-refractivity contribution in [3.63, 3.8) is 0 Å². The van der Waals surface area contributed by atoms with Gasteiger partial charge in [0.25, 0.3) is 0 Å². The van der Waals surface area contributed by atoms with Crippen molar-refractivity contribution in [2.75, 3.05) is 26.4 Å². The average Bonchev–Trinajstić information content (AvgIpc) is 2.56. The number of hydrogen-bond donors (Lipinski definition) is 2. The maximum Gasteiger partial charge on any atom is 0.246 e. The van der Waals surface area contributed by atoms with E-state index in [4.69, 9.17) is 9.47 Å². The summed E-state index contributed by atoms with van der Waals surface area (Å²) in [5.74, 6) is 0.0494. The molecule has 7 nitrogen and oxygen atoms in total. The van der Waals surface area contributed by atoms with Crippen LogP contribution < -0.4 is 10.6 Å². The normalized spacial score (nSPS) is 20.3. The van der Waals surface area contributed by atoms with Crippen LogP contribution in [0.15, 0.2) is 0 Å². The molecule has 0 aromatic rings. The third-order valence-electron chi connectivity index (χ3n) is 4.15. The van der Waals surface area contributed by atoms with Crippen molar-refractivity contribution in [1.82, 2.24) is 10.6 Å². The molecule has 0 bridgehead atoms. The summed E-state index contributed by atoms with van der Waals surface area (Å²) in [6.45, 7) is 6.68. The van der Waals surface area contributed by atoms with Gasteiger partial charge in [0.1, 0.15) is 12.4 Å². The first-order valence-corrected chi connectivity index (χ1v) is 9.14. The van der Waals surface area contributed by atoms with Crippen LogP contribution in [0.25, 0.3) is 0 Å². The molecule has 0 atom stereocenters. The number of ether oxygens (including phenoxy) is 2. The number of ketones is 1. The molecule has 144 valence electrons. The minimum Gasteiger partial charge on any atom is -0.379 e. The van der Waals surface area contributed by atoms with Crippen LogP contribution in [0.3, 0.4) is 0 Å². The van der Waals surface area contributed by atoms with Gasteiger partial charge in [-0.3, -0.25) is 14.4 Å². The number of Topliss-reactive ketones (excluding diaryl/α,β-unsaturated/α-hetero) is 1. The summed E-state index contributed by atoms with van der Waals surface area (Å²) in [4.78, 5) is 34.6. The molecule has 0 aromatic heterocycles. The summed E-state index contributed by atoms with van der Waals surface area (Å²) in [7, 11) is 0. The largest absolute Gasteiger partial charge is 0.379 e. The van der Waals surface area contributed by atoms with Gasteiger partial charge in [-0.05, 0) is 46.5 Å². The van der Waals surface area contributed by atoms with Gasteiger partial charge in [0.05, 0.1) is 19.3 Å². The zero-order chi connectivity index (χ0) is 18.7. The summed E-state index contributed by atoms with van der Waals surface area (Å²) in [6, 6.07) is 0.127. The monoisotopic (exact) mass is 356 g/mol. The van der Waals surface area contributed by atoms with Crippen LogP contribution in [0, 0.1) is 5.92 Å². The van der Waals surface area contributed by atoms with Crippen LogP contribution >= 0.6 is 0 Å². The fourth-order valence-corrected chi connectivity index (χ4v) is 2.72. The van der Waals surface area contributed by atoms with E-state index in [-0.39, 0.29) is 42.3 Å². The molecule has 0 saturated heterocycles. The van der Waals surface area contributed by atoms with Crippen molar-refractivity contribution in [3.8, 4) is 0 Å². The minimum atomic E-state index is -0.0932. The molecular formula is C18H32N2O5. The Morgan fingerprint density at radius 1 is 1.08 bits per heavy atom. The van der Waals surface area contributed by atoms with Gasteiger partial charge >= 0.3 is 0 Å². The molecule has 0 aromatic carbocycles. The second-order valence-corrected chi connectivity index (χ2v) is 6.83. The van der Waals surface area contributed by atoms with Crippen molar-refractivity contribution < 1.29 is 23.9 Å². The van der Waals surface area contributed by atoms with Gasteiger partial charge in [0, 0.05) is 24.9 Å². The van der Waals surface area contributed by atoms with E-state index in [1.807, 2.05) is 13.8 Å². The van der Waals surface area contributed by atoms with Crippen molar-refractivity contribution in [2.24, 2.45) is 5.92 Å². The van der Waals surface area contributed by atoms with Gasteiger partial charge < -0.3 is 20.1 Å². The smallest absolute Gasteiger partial charge is 0.246 e. The molecule has 1 aliphatic rings. The Labute approximate surface area is 150 Å². The predicted molar refractivity (Wildman–Crippen MR) is 94.1 cm³/mol. The zero-order valence-electron chi connectivity index (χ0n) is 15.6. The number of carbonyl (C=O) groups is 3. The van der Waals surface area contributed by atoms with Gasteiger partial charge in [-0.2, -0.15) is 0 Å². The molecule has 0 aliphatic heterocycles. The molecule has 1 saturated carbocycles. The summed E-state index contributed by atoms with van der Waals surface area (Å²) < 4.78 is 10.6. The summed E-state index contributed by atoms with van der Waals surface area (Å²) in [6.07, 6.45) is 3.60. The topological polar surface area (TPSA) is 93.7 Å². The van der Waals surface area contributed by atoms with Crippen LogP contribution in [0.2, 0.25) is 0 Å². The number of rotatable bonds is 11. The number of carbonyl (C=O) groups excluding carboxylic acids is 3. The Hall–Kier alpha value is -1.47. The van der Waals surface area contributed by atoms with Crippen molar-refractivity contribution in [1.29, 1.82) is 0 Å². The first kappa shape index (κ1) is 21.6. The summed E-state index contributed by atoms with van der Waals surface area (Å²) in [5, 5.41) is 5.84. The Kier molecular flexibility index (Phi) is 10.3. The number of hydrogen-bond acceptors (Lipinski definition) is 5. The van der Waals surface area contributed by atoms with E-state index in [0.717, 1.165) is 25.7 Å². The molecule has 2 amide bonds. The molecule has 1 fully saturated rings. The number of nitrogens with one attached hydrogen (secondary N) is 2. The molecule has 0 unspecified atom stereocenters. The predicted octanol–water partition coefficient (Wildman–Crippen LogP) is 1.20. The molecule has 1 aliphatic carbocycles. The Morgan fingerprint density at radius 3 is 2.36 bits per heavy atom. The second kappa shape index (κ2) is 12.0. The van der Waals surface area contributed by atoms with E-state index in [1.165, 1.54) is 6.92 Å². The van der Waals surface area contributed by atoms with Gasteiger partial charge in [-0.15, -0.1) is 0 Å². The highest BCUT2D eigenvalue weighted by atomic mass is 16.5. The number of amides is 2. The highest BCUT2D eigenvalue weighted by Gasteiger charge is 2.26. The van der Waals surface area contributed by atoms with Gasteiger partial charge in [0.2, 0.25) is 11.8 Å². The van der Waals surface area contributed by atoms with Crippen molar-refractivity contribution in [2.45, 2.75) is 65.0 Å². The molecule has 0 heterocycles. The van der Waals surface area contributed by atoms with Crippen LogP contribution in [0.1, 0.15) is 52.9 Å². The Morgan fingerprint density at radius 2 is 1.76 bits per heavy atom. The van der Waals surface area contributed by atoms with E-state index in [9.17, 15) is 14.4 Å². The fraction of sp³-hybridized carbons (Fsp3) is 0.833. The van der Waals surface area contributed by atoms with Gasteiger partial charge in [-0.1, -0.05) is 0 Å². The lowest BCUT2D eigenvalue weighted by molar-refractivity contribution is -0.128. The first-order chi connectivity index (χ1) is 11.9. The second-order valence-electron chi connectivity index (χ2n) is 6.83. The third-order valence-corrected chi connectivity index (χ3v) is 4.15. The molecule has 2 N–H and O–H groups in total. The first-order valence-electron chi connectivity index (χ1n) is 9.14. The van der Waals surface area contributed by atoms with Gasteiger partial charge in [0.15, 0.2) is 0 Å². The van der Waals surface area contributed by atoms with Crippen LogP contribution in [0.4, 0.5) is 0 Å². The van der Waals surface area contributed by atoms with Gasteiger partial charge in [-0.25, -0.2) is 0 Å². The van der Waals surface area contributed by atoms with Crippen LogP contribution in [-0.4, -0.2) is 56.1 Å². The fourth-order valence-electron chi connectivity index (χ4n) is 2.72. The lowest BCUT2D eigenvalue weighted by atomic mass is 9.85. The zero-order valence-corrected chi connectivity index (χ0v) is 15.6. The lowest BCUT2D eigenvalue weighted by Gasteiger charge is -2.28. The third kappa shape index (κ3) is 10.2. The van der Waals surface area contributed by atoms with Crippen molar-refractivity contribution >= 4 is 17.6 Å². The Bertz CT molecular complexity index is 431. The molecule has 7 heteroatoms. The van der Waals surface area contributed by atoms with Crippen LogP contribution in [0.5, 0.6) is 0 Å². The molecule has 25 heavy (non-hydrogen) atoms. The maximum absolute atomic E-state index is 12.1. The van der Waals surface area contributed by atoms with Crippen molar-refractivity contribution in [3.05, 3.63) is 0 Å². The van der Waals surface area contributed by atoms with Crippen LogP contribution in [-0.2, 0) is 23.9 Å². The van der Waals surface area contributed by atoms with E-state index in [1.54, 1.807) is 0 Å². The SMILES string of the molecule is CC(=O)CCOCCNC(=O)[C@H]1CC[C@@H](NC(=O)COC(C)C)CC1. The molecule has 0 spiro atoms. The van der Waals surface area contributed by atoms with E-state index in [2.05, 4.69) is 10.6 Å². The standard InChI is InChI=1S/C18H32N2O5/c1-13(2)25-12-17(22)20-16-6-4-15(5-7-16)18(23)19-9-11-24-10-8-14(3)21/h13,15-16H,4-12H2,1-3H3,(H,19,23)(H,20,22)/t15-,16+. The van der Waals surface area contributed by atoms with E-state index in [0.29, 0.717) is 26.2 Å². The lowest BCUT2D eigenvalue weighted by Crippen LogP contribution is -2.42. The Balaban J connectivity index is 2.11. The highest BCUT2D eigenvalue weighted by molar-refractivity contribution is 5.79. The summed E-state index contributed by atoms with van der Waals surface area (Å²) in [5.41, 5.74) is 0. The van der Waals surface area contributed by atoms with E-state index >= 15 is 0 Å². The molecular weight excluding hydrogens is 324 g/mol.